The molecule has 0 aromatic carbocycles. The Labute approximate surface area is 59.0 Å². The number of aliphatic carboxylic acids is 1. The second kappa shape index (κ2) is 3.06. The number of carboxylic acid groups (broad SMARTS) is 1. The van der Waals surface area contributed by atoms with Crippen molar-refractivity contribution in [2.75, 3.05) is 6.54 Å². The van der Waals surface area contributed by atoms with Crippen LogP contribution >= 0.6 is 0 Å². The van der Waals surface area contributed by atoms with Crippen LogP contribution in [-0.2, 0) is 4.79 Å². The van der Waals surface area contributed by atoms with Gasteiger partial charge in [-0.2, -0.15) is 0 Å². The van der Waals surface area contributed by atoms with Crippen molar-refractivity contribution in [3.8, 4) is 0 Å². The van der Waals surface area contributed by atoms with Crippen LogP contribution < -0.4 is 5.32 Å². The predicted octanol–water partition coefficient (Wildman–Crippen LogP) is 0.504. The molecule has 1 heterocycles. The summed E-state index contributed by atoms with van der Waals surface area (Å²) >= 11 is 0. The van der Waals surface area contributed by atoms with Gasteiger partial charge in [0.15, 0.2) is 0 Å². The van der Waals surface area contributed by atoms with Gasteiger partial charge < -0.3 is 10.4 Å². The van der Waals surface area contributed by atoms with Crippen molar-refractivity contribution >= 4 is 5.97 Å². The van der Waals surface area contributed by atoms with Gasteiger partial charge in [-0.25, -0.2) is 4.79 Å². The zero-order chi connectivity index (χ0) is 7.40. The number of carbonyl (C=O) groups is 1. The number of rotatable bonds is 1. The lowest BCUT2D eigenvalue weighted by Gasteiger charge is -2.00. The van der Waals surface area contributed by atoms with Crippen LogP contribution in [0, 0.1) is 0 Å². The van der Waals surface area contributed by atoms with Crippen LogP contribution in [0.4, 0.5) is 0 Å². The SMILES string of the molecule is O=C(O)C1=CC=CCCN1. The molecule has 2 N–H and O–H groups in total. The molecule has 1 aliphatic rings. The molecule has 0 aliphatic carbocycles. The van der Waals surface area contributed by atoms with Crippen LogP contribution in [0.5, 0.6) is 0 Å². The highest BCUT2D eigenvalue weighted by Crippen LogP contribution is 1.96. The van der Waals surface area contributed by atoms with Gasteiger partial charge >= 0.3 is 5.97 Å². The van der Waals surface area contributed by atoms with Crippen LogP contribution in [0.15, 0.2) is 23.9 Å². The van der Waals surface area contributed by atoms with Gasteiger partial charge in [0.25, 0.3) is 0 Å². The quantitative estimate of drug-likeness (QED) is 0.556. The minimum atomic E-state index is -0.897. The van der Waals surface area contributed by atoms with Crippen molar-refractivity contribution in [1.29, 1.82) is 0 Å². The highest BCUT2D eigenvalue weighted by Gasteiger charge is 2.04. The maximum Gasteiger partial charge on any atom is 0.351 e. The van der Waals surface area contributed by atoms with Crippen LogP contribution in [0.2, 0.25) is 0 Å². The predicted molar refractivity (Wildman–Crippen MR) is 37.5 cm³/mol. The standard InChI is InChI=1S/C7H9NO2/c9-7(10)6-4-2-1-3-5-8-6/h1-2,4,8H,3,5H2,(H,9,10). The first-order valence-corrected chi connectivity index (χ1v) is 3.14. The monoisotopic (exact) mass is 139 g/mol. The van der Waals surface area contributed by atoms with E-state index in [2.05, 4.69) is 5.32 Å². The molecule has 0 saturated carbocycles. The lowest BCUT2D eigenvalue weighted by atomic mass is 10.4. The van der Waals surface area contributed by atoms with E-state index in [0.29, 0.717) is 6.54 Å². The molecule has 0 spiro atoms. The van der Waals surface area contributed by atoms with Gasteiger partial charge in [0.1, 0.15) is 5.70 Å². The Balaban J connectivity index is 2.66. The average molecular weight is 139 g/mol. The van der Waals surface area contributed by atoms with E-state index in [4.69, 9.17) is 5.11 Å². The fourth-order valence-corrected chi connectivity index (χ4v) is 0.756. The van der Waals surface area contributed by atoms with Crippen molar-refractivity contribution in [3.05, 3.63) is 23.9 Å². The van der Waals surface area contributed by atoms with Gasteiger partial charge in [-0.1, -0.05) is 12.2 Å². The van der Waals surface area contributed by atoms with E-state index >= 15 is 0 Å². The number of nitrogens with one attached hydrogen (secondary N) is 1. The Morgan fingerprint density at radius 2 is 2.50 bits per heavy atom. The molecule has 0 fully saturated rings. The van der Waals surface area contributed by atoms with Gasteiger partial charge in [-0.15, -0.1) is 0 Å². The first kappa shape index (κ1) is 6.86. The number of hydrogen-bond donors (Lipinski definition) is 2. The first-order chi connectivity index (χ1) is 4.80. The summed E-state index contributed by atoms with van der Waals surface area (Å²) in [5, 5.41) is 11.3. The molecule has 0 saturated heterocycles. The maximum atomic E-state index is 10.3. The van der Waals surface area contributed by atoms with Crippen molar-refractivity contribution < 1.29 is 9.90 Å². The van der Waals surface area contributed by atoms with Gasteiger partial charge in [-0.3, -0.25) is 0 Å². The lowest BCUT2D eigenvalue weighted by Crippen LogP contribution is -2.19. The molecule has 0 bridgehead atoms. The smallest absolute Gasteiger partial charge is 0.351 e. The molecule has 0 aromatic rings. The number of carboxylic acids is 1. The zero-order valence-corrected chi connectivity index (χ0v) is 5.50. The highest BCUT2D eigenvalue weighted by molar-refractivity contribution is 5.86. The van der Waals surface area contributed by atoms with E-state index < -0.39 is 5.97 Å². The summed E-state index contributed by atoms with van der Waals surface area (Å²) in [7, 11) is 0. The normalized spacial score (nSPS) is 17.0. The summed E-state index contributed by atoms with van der Waals surface area (Å²) in [6, 6.07) is 0. The number of allylic oxidation sites excluding steroid dienone is 2. The van der Waals surface area contributed by atoms with Crippen molar-refractivity contribution in [1.82, 2.24) is 5.32 Å². The van der Waals surface area contributed by atoms with Gasteiger partial charge in [0.05, 0.1) is 0 Å². The molecule has 3 heteroatoms. The molecular formula is C7H9NO2. The molecule has 10 heavy (non-hydrogen) atoms. The van der Waals surface area contributed by atoms with E-state index in [9.17, 15) is 4.79 Å². The molecule has 0 radical (unpaired) electrons. The molecule has 0 unspecified atom stereocenters. The molecule has 0 amide bonds. The Morgan fingerprint density at radius 1 is 1.70 bits per heavy atom. The van der Waals surface area contributed by atoms with Crippen LogP contribution in [0.3, 0.4) is 0 Å². The lowest BCUT2D eigenvalue weighted by molar-refractivity contribution is -0.133. The van der Waals surface area contributed by atoms with E-state index in [1.54, 1.807) is 12.2 Å². The fraction of sp³-hybridized carbons (Fsp3) is 0.286. The van der Waals surface area contributed by atoms with Crippen molar-refractivity contribution in [2.45, 2.75) is 6.42 Å². The molecule has 1 aliphatic heterocycles. The summed E-state index contributed by atoms with van der Waals surface area (Å²) in [4.78, 5) is 10.3. The summed E-state index contributed by atoms with van der Waals surface area (Å²) in [6.45, 7) is 0.703. The average Bonchev–Trinajstić information content (AvgIpc) is 2.12. The molecule has 54 valence electrons. The third kappa shape index (κ3) is 1.62. The van der Waals surface area contributed by atoms with Crippen molar-refractivity contribution in [3.63, 3.8) is 0 Å². The molecule has 1 rings (SSSR count). The minimum absolute atomic E-state index is 0.272. The van der Waals surface area contributed by atoms with E-state index in [0.717, 1.165) is 6.42 Å². The third-order valence-corrected chi connectivity index (χ3v) is 1.26. The van der Waals surface area contributed by atoms with Gasteiger partial charge in [-0.05, 0) is 12.5 Å². The Bertz CT molecular complexity index is 194. The largest absolute Gasteiger partial charge is 0.477 e. The topological polar surface area (TPSA) is 49.3 Å². The summed E-state index contributed by atoms with van der Waals surface area (Å²) in [5.74, 6) is -0.897. The second-order valence-electron chi connectivity index (χ2n) is 2.03. The fourth-order valence-electron chi connectivity index (χ4n) is 0.756. The molecular weight excluding hydrogens is 130 g/mol. The maximum absolute atomic E-state index is 10.3. The summed E-state index contributed by atoms with van der Waals surface area (Å²) in [5.41, 5.74) is 0.272. The van der Waals surface area contributed by atoms with Crippen LogP contribution in [0.25, 0.3) is 0 Å². The van der Waals surface area contributed by atoms with Crippen LogP contribution in [-0.4, -0.2) is 17.6 Å². The third-order valence-electron chi connectivity index (χ3n) is 1.26. The molecule has 0 atom stereocenters. The van der Waals surface area contributed by atoms with E-state index in [1.165, 1.54) is 0 Å². The summed E-state index contributed by atoms with van der Waals surface area (Å²) < 4.78 is 0. The second-order valence-corrected chi connectivity index (χ2v) is 2.03. The Kier molecular flexibility index (Phi) is 2.10. The highest BCUT2D eigenvalue weighted by atomic mass is 16.4. The number of hydrogen-bond acceptors (Lipinski definition) is 2. The van der Waals surface area contributed by atoms with Gasteiger partial charge in [0, 0.05) is 6.54 Å². The minimum Gasteiger partial charge on any atom is -0.477 e. The van der Waals surface area contributed by atoms with Gasteiger partial charge in [0.2, 0.25) is 0 Å². The molecule has 0 aromatic heterocycles. The Morgan fingerprint density at radius 3 is 3.20 bits per heavy atom. The first-order valence-electron chi connectivity index (χ1n) is 3.14. The summed E-state index contributed by atoms with van der Waals surface area (Å²) in [6.07, 6.45) is 6.13. The van der Waals surface area contributed by atoms with Crippen LogP contribution in [0.1, 0.15) is 6.42 Å². The van der Waals surface area contributed by atoms with E-state index in [-0.39, 0.29) is 5.70 Å². The van der Waals surface area contributed by atoms with Crippen molar-refractivity contribution in [2.24, 2.45) is 0 Å². The molecule has 3 nitrogen and oxygen atoms in total. The Hall–Kier alpha value is -1.25. The zero-order valence-electron chi connectivity index (χ0n) is 5.50. The van der Waals surface area contributed by atoms with E-state index in [1.807, 2.05) is 6.08 Å².